The second-order valence-electron chi connectivity index (χ2n) is 6.86. The molecular formula is C21H21N4O4-. The minimum Gasteiger partial charge on any atom is -0.548 e. The van der Waals surface area contributed by atoms with Gasteiger partial charge in [0.1, 0.15) is 11.6 Å². The predicted octanol–water partition coefficient (Wildman–Crippen LogP) is 0.986. The Balaban J connectivity index is 2.01. The molecule has 3 atom stereocenters. The van der Waals surface area contributed by atoms with Crippen LogP contribution in [0.25, 0.3) is 10.9 Å². The van der Waals surface area contributed by atoms with Gasteiger partial charge >= 0.3 is 0 Å². The van der Waals surface area contributed by atoms with Crippen molar-refractivity contribution >= 4 is 22.8 Å². The molecule has 0 radical (unpaired) electrons. The molecule has 0 saturated heterocycles. The van der Waals surface area contributed by atoms with Crippen LogP contribution in [0.2, 0.25) is 0 Å². The molecule has 3 aromatic rings. The highest BCUT2D eigenvalue weighted by atomic mass is 16.4. The number of nitrogens with zero attached hydrogens (tertiary/aromatic N) is 3. The van der Waals surface area contributed by atoms with Gasteiger partial charge < -0.3 is 15.2 Å². The molecule has 0 aliphatic heterocycles. The summed E-state index contributed by atoms with van der Waals surface area (Å²) in [6.07, 6.45) is 0.570. The van der Waals surface area contributed by atoms with E-state index in [1.54, 1.807) is 61.5 Å². The first-order chi connectivity index (χ1) is 13.9. The molecule has 0 aliphatic rings. The highest BCUT2D eigenvalue weighted by Crippen LogP contribution is 2.22. The van der Waals surface area contributed by atoms with Gasteiger partial charge in [0.2, 0.25) is 5.91 Å². The van der Waals surface area contributed by atoms with Crippen molar-refractivity contribution in [3.05, 3.63) is 70.5 Å². The van der Waals surface area contributed by atoms with Gasteiger partial charge in [-0.2, -0.15) is 4.68 Å². The highest BCUT2D eigenvalue weighted by Gasteiger charge is 2.31. The first kappa shape index (κ1) is 20.2. The number of nitrogens with one attached hydrogen (secondary N) is 1. The van der Waals surface area contributed by atoms with E-state index in [2.05, 4.69) is 15.6 Å². The Morgan fingerprint density at radius 1 is 1.10 bits per heavy atom. The molecule has 3 rings (SSSR count). The number of fused-ring (bicyclic) bond motifs is 1. The van der Waals surface area contributed by atoms with Crippen LogP contribution in [0.1, 0.15) is 37.9 Å². The molecule has 0 aliphatic carbocycles. The molecule has 1 N–H and O–H groups in total. The minimum atomic E-state index is -1.44. The van der Waals surface area contributed by atoms with Crippen LogP contribution in [0, 0.1) is 5.92 Å². The molecule has 8 nitrogen and oxygen atoms in total. The van der Waals surface area contributed by atoms with Crippen molar-refractivity contribution in [3.8, 4) is 0 Å². The van der Waals surface area contributed by atoms with Crippen molar-refractivity contribution in [1.82, 2.24) is 20.3 Å². The van der Waals surface area contributed by atoms with Crippen molar-refractivity contribution in [3.63, 3.8) is 0 Å². The van der Waals surface area contributed by atoms with Crippen LogP contribution in [0.15, 0.2) is 59.4 Å². The van der Waals surface area contributed by atoms with E-state index in [-0.39, 0.29) is 5.92 Å². The maximum Gasteiger partial charge on any atom is 0.278 e. The van der Waals surface area contributed by atoms with E-state index in [1.807, 2.05) is 6.92 Å². The van der Waals surface area contributed by atoms with Crippen LogP contribution in [0.3, 0.4) is 0 Å². The van der Waals surface area contributed by atoms with Gasteiger partial charge in [0, 0.05) is 0 Å². The topological polar surface area (TPSA) is 117 Å². The monoisotopic (exact) mass is 393 g/mol. The summed E-state index contributed by atoms with van der Waals surface area (Å²) in [5, 5.41) is 22.5. The Kier molecular flexibility index (Phi) is 6.01. The molecule has 0 fully saturated rings. The molecule has 29 heavy (non-hydrogen) atoms. The van der Waals surface area contributed by atoms with E-state index in [9.17, 15) is 19.5 Å². The average molecular weight is 393 g/mol. The van der Waals surface area contributed by atoms with Gasteiger partial charge in [-0.3, -0.25) is 9.59 Å². The van der Waals surface area contributed by atoms with Gasteiger partial charge in [-0.15, -0.1) is 5.10 Å². The van der Waals surface area contributed by atoms with Gasteiger partial charge in [0.15, 0.2) is 0 Å². The maximum atomic E-state index is 13.1. The lowest BCUT2D eigenvalue weighted by molar-refractivity contribution is -0.308. The number of hydrogen-bond acceptors (Lipinski definition) is 6. The number of benzene rings is 2. The second kappa shape index (κ2) is 8.64. The highest BCUT2D eigenvalue weighted by molar-refractivity contribution is 5.86. The van der Waals surface area contributed by atoms with Crippen LogP contribution in [0.4, 0.5) is 0 Å². The zero-order valence-electron chi connectivity index (χ0n) is 16.1. The van der Waals surface area contributed by atoms with Gasteiger partial charge in [0.25, 0.3) is 5.56 Å². The van der Waals surface area contributed by atoms with Gasteiger partial charge in [-0.25, -0.2) is 0 Å². The molecule has 150 valence electrons. The van der Waals surface area contributed by atoms with E-state index in [1.165, 1.54) is 0 Å². The molecule has 0 saturated carbocycles. The van der Waals surface area contributed by atoms with Crippen LogP contribution in [0.5, 0.6) is 0 Å². The lowest BCUT2D eigenvalue weighted by Gasteiger charge is -2.27. The lowest BCUT2D eigenvalue weighted by atomic mass is 9.97. The predicted molar refractivity (Wildman–Crippen MR) is 105 cm³/mol. The summed E-state index contributed by atoms with van der Waals surface area (Å²) in [6, 6.07) is 12.6. The lowest BCUT2D eigenvalue weighted by Crippen LogP contribution is -2.47. The molecule has 8 heteroatoms. The fraction of sp³-hybridized carbons (Fsp3) is 0.286. The number of aliphatic carboxylic acids is 1. The van der Waals surface area contributed by atoms with E-state index in [0.717, 1.165) is 4.68 Å². The Morgan fingerprint density at radius 3 is 2.41 bits per heavy atom. The SMILES string of the molecule is CC[C@H](C)[C@@H](C(=O)N[C@H](C(=O)[O-])c1ccccc1)n1nnc2ccccc2c1=O. The van der Waals surface area contributed by atoms with Gasteiger partial charge in [0.05, 0.1) is 17.4 Å². The quantitative estimate of drug-likeness (QED) is 0.640. The van der Waals surface area contributed by atoms with Crippen molar-refractivity contribution in [2.45, 2.75) is 32.4 Å². The number of amides is 1. The van der Waals surface area contributed by atoms with Crippen molar-refractivity contribution in [2.75, 3.05) is 0 Å². The van der Waals surface area contributed by atoms with E-state index in [4.69, 9.17) is 0 Å². The Morgan fingerprint density at radius 2 is 1.76 bits per heavy atom. The Labute approximate surface area is 167 Å². The average Bonchev–Trinajstić information content (AvgIpc) is 2.74. The number of carbonyl (C=O) groups is 2. The number of aromatic nitrogens is 3. The zero-order valence-corrected chi connectivity index (χ0v) is 16.1. The minimum absolute atomic E-state index is 0.290. The number of hydrogen-bond donors (Lipinski definition) is 1. The molecule has 1 heterocycles. The maximum absolute atomic E-state index is 13.1. The van der Waals surface area contributed by atoms with Crippen LogP contribution >= 0.6 is 0 Å². The van der Waals surface area contributed by atoms with Crippen LogP contribution < -0.4 is 16.0 Å². The second-order valence-corrected chi connectivity index (χ2v) is 6.86. The molecule has 0 unspecified atom stereocenters. The van der Waals surface area contributed by atoms with E-state index < -0.39 is 29.5 Å². The molecule has 1 aromatic heterocycles. The fourth-order valence-corrected chi connectivity index (χ4v) is 3.17. The Hall–Kier alpha value is -3.55. The van der Waals surface area contributed by atoms with Crippen LogP contribution in [-0.2, 0) is 9.59 Å². The van der Waals surface area contributed by atoms with Crippen molar-refractivity contribution in [1.29, 1.82) is 0 Å². The molecule has 1 amide bonds. The van der Waals surface area contributed by atoms with Crippen LogP contribution in [-0.4, -0.2) is 26.9 Å². The number of rotatable bonds is 7. The van der Waals surface area contributed by atoms with E-state index in [0.29, 0.717) is 22.9 Å². The van der Waals surface area contributed by atoms with Crippen molar-refractivity contribution < 1.29 is 14.7 Å². The zero-order chi connectivity index (χ0) is 21.0. The summed E-state index contributed by atoms with van der Waals surface area (Å²) in [7, 11) is 0. The van der Waals surface area contributed by atoms with Gasteiger partial charge in [-0.05, 0) is 23.6 Å². The summed E-state index contributed by atoms with van der Waals surface area (Å²) in [4.78, 5) is 37.7. The molecule has 0 bridgehead atoms. The molecule has 2 aromatic carbocycles. The summed E-state index contributed by atoms with van der Waals surface area (Å²) >= 11 is 0. The Bertz CT molecular complexity index is 1080. The standard InChI is InChI=1S/C21H22N4O4/c1-3-13(2)18(25-20(27)15-11-7-8-12-16(15)23-24-25)19(26)22-17(21(28)29)14-9-5-4-6-10-14/h4-13,17-18H,3H2,1-2H3,(H,22,26)(H,28,29)/p-1/t13-,17-,18-/m0/s1. The number of carbonyl (C=O) groups excluding carboxylic acids is 2. The van der Waals surface area contributed by atoms with E-state index >= 15 is 0 Å². The summed E-state index contributed by atoms with van der Waals surface area (Å²) in [5.74, 6) is -2.37. The van der Waals surface area contributed by atoms with Crippen molar-refractivity contribution in [2.24, 2.45) is 5.92 Å². The van der Waals surface area contributed by atoms with Gasteiger partial charge in [-0.1, -0.05) is 67.9 Å². The third-order valence-corrected chi connectivity index (χ3v) is 4.96. The molecule has 0 spiro atoms. The summed E-state index contributed by atoms with van der Waals surface area (Å²) < 4.78 is 1.03. The third kappa shape index (κ3) is 4.16. The fourth-order valence-electron chi connectivity index (χ4n) is 3.17. The third-order valence-electron chi connectivity index (χ3n) is 4.96. The number of carboxylic acid groups (broad SMARTS) is 1. The smallest absolute Gasteiger partial charge is 0.278 e. The molecular weight excluding hydrogens is 372 g/mol. The first-order valence-corrected chi connectivity index (χ1v) is 9.34. The summed E-state index contributed by atoms with van der Waals surface area (Å²) in [6.45, 7) is 3.67. The summed E-state index contributed by atoms with van der Waals surface area (Å²) in [5.41, 5.74) is 0.343. The normalized spacial score (nSPS) is 14.1. The first-order valence-electron chi connectivity index (χ1n) is 9.34. The number of carboxylic acids is 1. The largest absolute Gasteiger partial charge is 0.548 e.